The van der Waals surface area contributed by atoms with Gasteiger partial charge >= 0.3 is 0 Å². The zero-order valence-electron chi connectivity index (χ0n) is 17.6. The van der Waals surface area contributed by atoms with E-state index in [0.717, 1.165) is 5.69 Å². The van der Waals surface area contributed by atoms with Gasteiger partial charge in [-0.15, -0.1) is 0 Å². The molecule has 0 aliphatic heterocycles. The fraction of sp³-hybridized carbons (Fsp3) is 0.238. The average Bonchev–Trinajstić information content (AvgIpc) is 3.07. The fourth-order valence-electron chi connectivity index (χ4n) is 3.36. The van der Waals surface area contributed by atoms with Crippen molar-refractivity contribution in [2.45, 2.75) is 34.2 Å². The molecule has 10 heteroatoms. The molecule has 0 bridgehead atoms. The highest BCUT2D eigenvalue weighted by Crippen LogP contribution is 2.16. The van der Waals surface area contributed by atoms with Gasteiger partial charge in [-0.25, -0.2) is 9.97 Å². The first-order valence-electron chi connectivity index (χ1n) is 9.74. The van der Waals surface area contributed by atoms with Crippen LogP contribution in [0.4, 0.5) is 5.82 Å². The van der Waals surface area contributed by atoms with Crippen molar-refractivity contribution in [3.05, 3.63) is 73.7 Å². The van der Waals surface area contributed by atoms with Crippen molar-refractivity contribution in [3.63, 3.8) is 0 Å². The number of H-pyrrole nitrogens is 1. The van der Waals surface area contributed by atoms with Crippen LogP contribution in [-0.4, -0.2) is 35.2 Å². The molecule has 4 aromatic heterocycles. The van der Waals surface area contributed by atoms with Crippen LogP contribution in [0.1, 0.15) is 34.4 Å². The first-order chi connectivity index (χ1) is 14.8. The molecule has 0 spiro atoms. The van der Waals surface area contributed by atoms with Crippen LogP contribution in [0.3, 0.4) is 0 Å². The molecule has 0 aliphatic rings. The molecule has 4 heterocycles. The second-order valence-corrected chi connectivity index (χ2v) is 7.23. The highest BCUT2D eigenvalue weighted by Gasteiger charge is 2.19. The minimum absolute atomic E-state index is 0.0175. The molecule has 0 atom stereocenters. The Bertz CT molecular complexity index is 1450. The van der Waals surface area contributed by atoms with Crippen LogP contribution in [-0.2, 0) is 6.54 Å². The molecule has 0 aromatic carbocycles. The largest absolute Gasteiger partial charge is 0.332 e. The maximum Gasteiger partial charge on any atom is 0.262 e. The number of hydrogen-bond donors (Lipinski definition) is 2. The van der Waals surface area contributed by atoms with Gasteiger partial charge in [-0.1, -0.05) is 0 Å². The Morgan fingerprint density at radius 3 is 2.55 bits per heavy atom. The summed E-state index contributed by atoms with van der Waals surface area (Å²) in [4.78, 5) is 49.2. The van der Waals surface area contributed by atoms with E-state index in [9.17, 15) is 14.4 Å². The number of nitrogens with one attached hydrogen (secondary N) is 2. The molecule has 31 heavy (non-hydrogen) atoms. The monoisotopic (exact) mass is 419 g/mol. The van der Waals surface area contributed by atoms with Gasteiger partial charge in [0.05, 0.1) is 11.1 Å². The summed E-state index contributed by atoms with van der Waals surface area (Å²) >= 11 is 0. The van der Waals surface area contributed by atoms with Crippen LogP contribution in [0.15, 0.2) is 40.1 Å². The molecule has 4 aromatic rings. The number of anilines is 1. The van der Waals surface area contributed by atoms with Crippen LogP contribution in [0.25, 0.3) is 17.0 Å². The molecule has 0 saturated carbocycles. The lowest BCUT2D eigenvalue weighted by Gasteiger charge is -2.12. The highest BCUT2D eigenvalue weighted by atomic mass is 16.2. The van der Waals surface area contributed by atoms with Crippen molar-refractivity contribution in [2.75, 3.05) is 5.32 Å². The summed E-state index contributed by atoms with van der Waals surface area (Å²) in [5.74, 6) is -0.149. The van der Waals surface area contributed by atoms with Crippen molar-refractivity contribution < 1.29 is 4.79 Å². The minimum atomic E-state index is -0.592. The minimum Gasteiger partial charge on any atom is -0.332 e. The molecule has 0 unspecified atom stereocenters. The summed E-state index contributed by atoms with van der Waals surface area (Å²) in [5.41, 5.74) is 1.66. The van der Waals surface area contributed by atoms with E-state index in [1.54, 1.807) is 36.6 Å². The van der Waals surface area contributed by atoms with E-state index in [1.165, 1.54) is 16.9 Å². The van der Waals surface area contributed by atoms with Crippen LogP contribution in [0.2, 0.25) is 0 Å². The van der Waals surface area contributed by atoms with Gasteiger partial charge in [-0.05, 0) is 39.8 Å². The van der Waals surface area contributed by atoms with Crippen LogP contribution >= 0.6 is 0 Å². The average molecular weight is 419 g/mol. The Balaban J connectivity index is 1.79. The van der Waals surface area contributed by atoms with Gasteiger partial charge in [0.1, 0.15) is 17.0 Å². The number of nitrogens with zero attached hydrogens (tertiary/aromatic N) is 5. The number of carbonyl (C=O) groups is 1. The Labute approximate surface area is 176 Å². The summed E-state index contributed by atoms with van der Waals surface area (Å²) in [6, 6.07) is 6.41. The van der Waals surface area contributed by atoms with Gasteiger partial charge in [0.25, 0.3) is 11.5 Å². The number of aryl methyl sites for hydroxylation is 4. The topological polar surface area (TPSA) is 128 Å². The van der Waals surface area contributed by atoms with Gasteiger partial charge < -0.3 is 9.88 Å². The maximum atomic E-state index is 13.1. The lowest BCUT2D eigenvalue weighted by molar-refractivity contribution is 0.102. The van der Waals surface area contributed by atoms with Gasteiger partial charge in [0.15, 0.2) is 0 Å². The first kappa shape index (κ1) is 20.2. The molecule has 10 nitrogen and oxygen atoms in total. The quantitative estimate of drug-likeness (QED) is 0.520. The molecule has 2 N–H and O–H groups in total. The highest BCUT2D eigenvalue weighted by molar-refractivity contribution is 6.05. The molecule has 0 aliphatic carbocycles. The third-order valence-corrected chi connectivity index (χ3v) is 4.78. The fourth-order valence-corrected chi connectivity index (χ4v) is 3.36. The third kappa shape index (κ3) is 3.75. The SMILES string of the molecule is CCn1cc(C(=O)Nc2cc(C)nn2-c2nc(C)cc(=O)[nH]2)c(=O)c2ccc(C)nc21. The summed E-state index contributed by atoms with van der Waals surface area (Å²) in [6.45, 7) is 7.73. The molecule has 0 saturated heterocycles. The summed E-state index contributed by atoms with van der Waals surface area (Å²) in [7, 11) is 0. The molecule has 1 amide bonds. The van der Waals surface area contributed by atoms with Crippen molar-refractivity contribution in [3.8, 4) is 5.95 Å². The summed E-state index contributed by atoms with van der Waals surface area (Å²) in [5, 5.41) is 7.39. The van der Waals surface area contributed by atoms with Gasteiger partial charge in [-0.3, -0.25) is 19.4 Å². The van der Waals surface area contributed by atoms with Gasteiger partial charge in [0.2, 0.25) is 11.4 Å². The Morgan fingerprint density at radius 1 is 1.06 bits per heavy atom. The maximum absolute atomic E-state index is 13.1. The number of hydrogen-bond acceptors (Lipinski definition) is 6. The predicted octanol–water partition coefficient (Wildman–Crippen LogP) is 1.86. The molecular formula is C21H21N7O3. The van der Waals surface area contributed by atoms with E-state index >= 15 is 0 Å². The number of carbonyl (C=O) groups excluding carboxylic acids is 1. The Morgan fingerprint density at radius 2 is 1.84 bits per heavy atom. The standard InChI is InChI=1S/C21H21N7O3/c1-5-27-10-15(18(30)14-7-6-11(2)22-19(14)27)20(31)24-16-8-13(4)26-28(16)21-23-12(3)9-17(29)25-21/h6-10H,5H2,1-4H3,(H,24,31)(H,23,25,29). The van der Waals surface area contributed by atoms with Gasteiger partial charge in [-0.2, -0.15) is 9.78 Å². The molecule has 0 fully saturated rings. The second-order valence-electron chi connectivity index (χ2n) is 7.23. The van der Waals surface area contributed by atoms with E-state index < -0.39 is 11.3 Å². The smallest absolute Gasteiger partial charge is 0.262 e. The lowest BCUT2D eigenvalue weighted by Crippen LogP contribution is -2.25. The van der Waals surface area contributed by atoms with E-state index in [-0.39, 0.29) is 22.9 Å². The van der Waals surface area contributed by atoms with Crippen LogP contribution < -0.4 is 16.3 Å². The number of rotatable bonds is 4. The van der Waals surface area contributed by atoms with Crippen molar-refractivity contribution in [1.29, 1.82) is 0 Å². The van der Waals surface area contributed by atoms with Crippen LogP contribution in [0.5, 0.6) is 0 Å². The molecular weight excluding hydrogens is 398 g/mol. The van der Waals surface area contributed by atoms with E-state index in [0.29, 0.717) is 29.0 Å². The first-order valence-corrected chi connectivity index (χ1v) is 9.74. The van der Waals surface area contributed by atoms with Crippen molar-refractivity contribution in [2.24, 2.45) is 0 Å². The zero-order valence-corrected chi connectivity index (χ0v) is 17.6. The molecule has 4 rings (SSSR count). The van der Waals surface area contributed by atoms with E-state index in [4.69, 9.17) is 0 Å². The number of aromatic nitrogens is 6. The second kappa shape index (κ2) is 7.63. The number of pyridine rings is 2. The molecule has 0 radical (unpaired) electrons. The van der Waals surface area contributed by atoms with Crippen LogP contribution in [0, 0.1) is 20.8 Å². The third-order valence-electron chi connectivity index (χ3n) is 4.78. The van der Waals surface area contributed by atoms with E-state index in [2.05, 4.69) is 25.4 Å². The number of aromatic amines is 1. The van der Waals surface area contributed by atoms with E-state index in [1.807, 2.05) is 13.8 Å². The van der Waals surface area contributed by atoms with Crippen molar-refractivity contribution >= 4 is 22.8 Å². The normalized spacial score (nSPS) is 11.1. The van der Waals surface area contributed by atoms with Gasteiger partial charge in [0, 0.05) is 36.3 Å². The predicted molar refractivity (Wildman–Crippen MR) is 116 cm³/mol. The zero-order chi connectivity index (χ0) is 22.3. The number of amides is 1. The summed E-state index contributed by atoms with van der Waals surface area (Å²) in [6.07, 6.45) is 1.51. The summed E-state index contributed by atoms with van der Waals surface area (Å²) < 4.78 is 3.09. The lowest BCUT2D eigenvalue weighted by atomic mass is 10.1. The Hall–Kier alpha value is -4.08. The van der Waals surface area contributed by atoms with Crippen molar-refractivity contribution in [1.82, 2.24) is 29.3 Å². The molecule has 158 valence electrons. The Kier molecular flexibility index (Phi) is 4.97. The number of fused-ring (bicyclic) bond motifs is 1.